The van der Waals surface area contributed by atoms with E-state index in [1.165, 1.54) is 17.7 Å². The van der Waals surface area contributed by atoms with Crippen LogP contribution >= 0.6 is 12.4 Å². The molecular weight excluding hydrogens is 365 g/mol. The third kappa shape index (κ3) is 4.40. The minimum atomic E-state index is -0.437. The molecule has 0 aromatic heterocycles. The largest absolute Gasteiger partial charge is 0.492 e. The van der Waals surface area contributed by atoms with Crippen molar-refractivity contribution in [3.05, 3.63) is 77.8 Å². The Morgan fingerprint density at radius 3 is 2.52 bits per heavy atom. The van der Waals surface area contributed by atoms with E-state index in [0.29, 0.717) is 17.6 Å². The summed E-state index contributed by atoms with van der Waals surface area (Å²) in [5.74, 6) is -0.233. The molecule has 2 aromatic rings. The van der Waals surface area contributed by atoms with Gasteiger partial charge >= 0.3 is 0 Å². The zero-order valence-corrected chi connectivity index (χ0v) is 15.9. The predicted molar refractivity (Wildman–Crippen MR) is 106 cm³/mol. The van der Waals surface area contributed by atoms with Crippen LogP contribution in [0.5, 0.6) is 0 Å². The summed E-state index contributed by atoms with van der Waals surface area (Å²) in [4.78, 5) is 15.1. The summed E-state index contributed by atoms with van der Waals surface area (Å²) in [5.41, 5.74) is 2.08. The van der Waals surface area contributed by atoms with Gasteiger partial charge in [0.1, 0.15) is 11.4 Å². The number of hydrogen-bond acceptors (Lipinski definition) is 3. The predicted octanol–water partition coefficient (Wildman–Crippen LogP) is 4.61. The van der Waals surface area contributed by atoms with Gasteiger partial charge in [0.05, 0.1) is 18.3 Å². The van der Waals surface area contributed by atoms with Crippen molar-refractivity contribution >= 4 is 23.8 Å². The van der Waals surface area contributed by atoms with Gasteiger partial charge in [-0.2, -0.15) is 0 Å². The Morgan fingerprint density at radius 1 is 1.07 bits per heavy atom. The first-order valence-corrected chi connectivity index (χ1v) is 9.07. The molecule has 2 aliphatic heterocycles. The lowest BCUT2D eigenvalue weighted by atomic mass is 9.83. The standard InChI is InChI=1S/C22H22FNO2.ClH/c23-19-9-7-18(8-10-19)20-15-26-22(13-21(20)25)11-4-12-24(16-22)14-17-5-2-1-3-6-17;/h1-3,5-10,15H,4,11-14,16H2;1H. The number of ether oxygens (including phenoxy) is 1. The molecule has 0 N–H and O–H groups in total. The minimum absolute atomic E-state index is 0. The number of nitrogens with zero attached hydrogens (tertiary/aromatic N) is 1. The molecule has 27 heavy (non-hydrogen) atoms. The van der Waals surface area contributed by atoms with E-state index in [9.17, 15) is 9.18 Å². The van der Waals surface area contributed by atoms with Crippen LogP contribution in [0.25, 0.3) is 5.57 Å². The van der Waals surface area contributed by atoms with Crippen molar-refractivity contribution in [1.82, 2.24) is 4.90 Å². The van der Waals surface area contributed by atoms with Crippen molar-refractivity contribution in [3.8, 4) is 0 Å². The van der Waals surface area contributed by atoms with Gasteiger partial charge < -0.3 is 4.74 Å². The molecule has 0 radical (unpaired) electrons. The average molecular weight is 388 g/mol. The van der Waals surface area contributed by atoms with Crippen LogP contribution in [0.4, 0.5) is 4.39 Å². The first kappa shape index (κ1) is 19.6. The molecular formula is C22H23ClFNO2. The fourth-order valence-corrected chi connectivity index (χ4v) is 3.95. The molecule has 0 bridgehead atoms. The summed E-state index contributed by atoms with van der Waals surface area (Å²) >= 11 is 0. The van der Waals surface area contributed by atoms with Crippen LogP contribution in [0.2, 0.25) is 0 Å². The van der Waals surface area contributed by atoms with Crippen molar-refractivity contribution < 1.29 is 13.9 Å². The lowest BCUT2D eigenvalue weighted by Gasteiger charge is -2.43. The van der Waals surface area contributed by atoms with Crippen LogP contribution in [0, 0.1) is 5.82 Å². The Bertz CT molecular complexity index is 822. The van der Waals surface area contributed by atoms with Gasteiger partial charge in [0.2, 0.25) is 0 Å². The number of likely N-dealkylation sites (tertiary alicyclic amines) is 1. The van der Waals surface area contributed by atoms with Crippen LogP contribution in [-0.4, -0.2) is 29.4 Å². The number of Topliss-reactive ketones (excluding diaryl/α,β-unsaturated/α-hetero) is 1. The second-order valence-electron chi connectivity index (χ2n) is 7.24. The van der Waals surface area contributed by atoms with Crippen LogP contribution in [0.3, 0.4) is 0 Å². The number of allylic oxidation sites excluding steroid dienone is 1. The summed E-state index contributed by atoms with van der Waals surface area (Å²) < 4.78 is 19.2. The zero-order chi connectivity index (χ0) is 18.0. The van der Waals surface area contributed by atoms with Crippen molar-refractivity contribution in [2.45, 2.75) is 31.4 Å². The van der Waals surface area contributed by atoms with Crippen molar-refractivity contribution in [2.24, 2.45) is 0 Å². The molecule has 1 saturated heterocycles. The quantitative estimate of drug-likeness (QED) is 0.770. The summed E-state index contributed by atoms with van der Waals surface area (Å²) in [6.07, 6.45) is 3.86. The second kappa shape index (κ2) is 8.24. The van der Waals surface area contributed by atoms with Gasteiger partial charge in [-0.15, -0.1) is 12.4 Å². The fourth-order valence-electron chi connectivity index (χ4n) is 3.95. The molecule has 0 amide bonds. The molecule has 0 saturated carbocycles. The smallest absolute Gasteiger partial charge is 0.170 e. The highest BCUT2D eigenvalue weighted by atomic mass is 35.5. The number of carbonyl (C=O) groups is 1. The normalized spacial score (nSPS) is 22.7. The summed E-state index contributed by atoms with van der Waals surface area (Å²) in [6.45, 7) is 2.64. The van der Waals surface area contributed by atoms with E-state index in [1.54, 1.807) is 18.4 Å². The molecule has 2 heterocycles. The summed E-state index contributed by atoms with van der Waals surface area (Å²) in [5, 5.41) is 0. The van der Waals surface area contributed by atoms with Crippen LogP contribution in [0.15, 0.2) is 60.9 Å². The third-order valence-electron chi connectivity index (χ3n) is 5.23. The lowest BCUT2D eigenvalue weighted by molar-refractivity contribution is -0.125. The van der Waals surface area contributed by atoms with Crippen molar-refractivity contribution in [2.75, 3.05) is 13.1 Å². The molecule has 1 atom stereocenters. The number of rotatable bonds is 3. The monoisotopic (exact) mass is 387 g/mol. The number of hydrogen-bond donors (Lipinski definition) is 0. The van der Waals surface area contributed by atoms with E-state index in [4.69, 9.17) is 4.74 Å². The average Bonchev–Trinajstić information content (AvgIpc) is 2.64. The molecule has 4 rings (SSSR count). The lowest BCUT2D eigenvalue weighted by Crippen LogP contribution is -2.51. The Kier molecular flexibility index (Phi) is 5.98. The maximum atomic E-state index is 13.1. The van der Waals surface area contributed by atoms with E-state index in [0.717, 1.165) is 32.5 Å². The van der Waals surface area contributed by atoms with Crippen LogP contribution < -0.4 is 0 Å². The van der Waals surface area contributed by atoms with Gasteiger partial charge in [-0.3, -0.25) is 9.69 Å². The van der Waals surface area contributed by atoms with E-state index >= 15 is 0 Å². The molecule has 3 nitrogen and oxygen atoms in total. The van der Waals surface area contributed by atoms with Gasteiger partial charge in [0.25, 0.3) is 0 Å². The number of halogens is 2. The highest BCUT2D eigenvalue weighted by Crippen LogP contribution is 2.36. The van der Waals surface area contributed by atoms with Gasteiger partial charge in [-0.25, -0.2) is 4.39 Å². The molecule has 0 aliphatic carbocycles. The van der Waals surface area contributed by atoms with Gasteiger partial charge in [0, 0.05) is 13.1 Å². The zero-order valence-electron chi connectivity index (χ0n) is 15.1. The third-order valence-corrected chi connectivity index (χ3v) is 5.23. The second-order valence-corrected chi connectivity index (χ2v) is 7.24. The first-order chi connectivity index (χ1) is 12.6. The minimum Gasteiger partial charge on any atom is -0.492 e. The van der Waals surface area contributed by atoms with Crippen molar-refractivity contribution in [3.63, 3.8) is 0 Å². The van der Waals surface area contributed by atoms with E-state index in [1.807, 2.05) is 18.2 Å². The Labute approximate surface area is 165 Å². The van der Waals surface area contributed by atoms with Gasteiger partial charge in [-0.1, -0.05) is 42.5 Å². The number of carbonyl (C=O) groups excluding carboxylic acids is 1. The fraction of sp³-hybridized carbons (Fsp3) is 0.318. The molecule has 1 spiro atoms. The Balaban J connectivity index is 0.00000210. The van der Waals surface area contributed by atoms with Crippen LogP contribution in [0.1, 0.15) is 30.4 Å². The molecule has 1 unspecified atom stereocenters. The summed E-state index contributed by atoms with van der Waals surface area (Å²) in [7, 11) is 0. The highest BCUT2D eigenvalue weighted by molar-refractivity contribution is 6.21. The first-order valence-electron chi connectivity index (χ1n) is 9.07. The molecule has 2 aromatic carbocycles. The molecule has 2 aliphatic rings. The van der Waals surface area contributed by atoms with Crippen molar-refractivity contribution in [1.29, 1.82) is 0 Å². The molecule has 142 valence electrons. The van der Waals surface area contributed by atoms with E-state index in [-0.39, 0.29) is 24.0 Å². The Hall–Kier alpha value is -2.17. The maximum absolute atomic E-state index is 13.1. The maximum Gasteiger partial charge on any atom is 0.170 e. The Morgan fingerprint density at radius 2 is 1.81 bits per heavy atom. The highest BCUT2D eigenvalue weighted by Gasteiger charge is 2.42. The summed E-state index contributed by atoms with van der Waals surface area (Å²) in [6, 6.07) is 16.4. The van der Waals surface area contributed by atoms with Crippen LogP contribution in [-0.2, 0) is 16.1 Å². The number of ketones is 1. The van der Waals surface area contributed by atoms with E-state index < -0.39 is 5.60 Å². The van der Waals surface area contributed by atoms with Gasteiger partial charge in [-0.05, 0) is 42.6 Å². The molecule has 1 fully saturated rings. The van der Waals surface area contributed by atoms with Gasteiger partial charge in [0.15, 0.2) is 5.78 Å². The topological polar surface area (TPSA) is 29.5 Å². The molecule has 5 heteroatoms. The number of benzene rings is 2. The number of piperidine rings is 1. The van der Waals surface area contributed by atoms with E-state index in [2.05, 4.69) is 17.0 Å². The SMILES string of the molecule is Cl.O=C1CC2(CCCN(Cc3ccccc3)C2)OC=C1c1ccc(F)cc1.